The molecule has 0 aliphatic heterocycles. The highest BCUT2D eigenvalue weighted by Gasteiger charge is 2.62. The summed E-state index contributed by atoms with van der Waals surface area (Å²) in [6.07, 6.45) is 0.409. The summed E-state index contributed by atoms with van der Waals surface area (Å²) in [5.74, 6) is 0.613. The van der Waals surface area contributed by atoms with Gasteiger partial charge in [-0.25, -0.2) is 0 Å². The van der Waals surface area contributed by atoms with Crippen LogP contribution in [-0.2, 0) is 9.53 Å². The molecule has 1 aromatic rings. The average molecular weight is 399 g/mol. The van der Waals surface area contributed by atoms with Gasteiger partial charge in [-0.1, -0.05) is 35.8 Å². The summed E-state index contributed by atoms with van der Waals surface area (Å²) in [5.41, 5.74) is 5.08. The van der Waals surface area contributed by atoms with Crippen molar-refractivity contribution in [3.05, 3.63) is 28.7 Å². The first kappa shape index (κ1) is 19.2. The molecule has 0 radical (unpaired) electrons. The van der Waals surface area contributed by atoms with Crippen molar-refractivity contribution in [1.82, 2.24) is 5.32 Å². The van der Waals surface area contributed by atoms with Crippen LogP contribution in [-0.4, -0.2) is 36.8 Å². The van der Waals surface area contributed by atoms with Gasteiger partial charge in [-0.3, -0.25) is 4.79 Å². The van der Waals surface area contributed by atoms with E-state index in [1.807, 2.05) is 52.0 Å². The molecule has 1 saturated carbocycles. The van der Waals surface area contributed by atoms with Crippen LogP contribution in [0.15, 0.2) is 28.7 Å². The SMILES string of the molecule is CCOC1CC(N)(C(=O)NCC(C)Oc2cccc(Br)c2)C1(C)C. The van der Waals surface area contributed by atoms with Gasteiger partial charge in [-0.2, -0.15) is 0 Å². The highest BCUT2D eigenvalue weighted by molar-refractivity contribution is 9.10. The average Bonchev–Trinajstić information content (AvgIpc) is 2.52. The minimum atomic E-state index is -0.900. The fraction of sp³-hybridized carbons (Fsp3) is 0.611. The molecule has 3 unspecified atom stereocenters. The number of hydrogen-bond acceptors (Lipinski definition) is 4. The van der Waals surface area contributed by atoms with Crippen LogP contribution in [0.4, 0.5) is 0 Å². The Morgan fingerprint density at radius 3 is 2.79 bits per heavy atom. The van der Waals surface area contributed by atoms with E-state index in [4.69, 9.17) is 15.2 Å². The molecule has 1 fully saturated rings. The van der Waals surface area contributed by atoms with Crippen LogP contribution in [0.2, 0.25) is 0 Å². The van der Waals surface area contributed by atoms with Gasteiger partial charge in [0.05, 0.1) is 12.6 Å². The molecule has 1 aliphatic carbocycles. The Morgan fingerprint density at radius 2 is 2.21 bits per heavy atom. The molecule has 0 aromatic heterocycles. The molecule has 3 atom stereocenters. The predicted octanol–water partition coefficient (Wildman–Crippen LogP) is 2.87. The van der Waals surface area contributed by atoms with Crippen molar-refractivity contribution in [1.29, 1.82) is 0 Å². The van der Waals surface area contributed by atoms with Gasteiger partial charge in [-0.05, 0) is 32.0 Å². The molecule has 3 N–H and O–H groups in total. The third kappa shape index (κ3) is 3.76. The summed E-state index contributed by atoms with van der Waals surface area (Å²) in [5, 5.41) is 2.92. The van der Waals surface area contributed by atoms with Gasteiger partial charge in [0.1, 0.15) is 17.4 Å². The summed E-state index contributed by atoms with van der Waals surface area (Å²) in [4.78, 5) is 12.6. The summed E-state index contributed by atoms with van der Waals surface area (Å²) in [6.45, 7) is 8.87. The largest absolute Gasteiger partial charge is 0.489 e. The maximum atomic E-state index is 12.6. The smallest absolute Gasteiger partial charge is 0.240 e. The molecule has 1 aromatic carbocycles. The number of halogens is 1. The molecular weight excluding hydrogens is 372 g/mol. The van der Waals surface area contributed by atoms with Crippen LogP contribution in [0.3, 0.4) is 0 Å². The number of carbonyl (C=O) groups is 1. The normalized spacial score (nSPS) is 26.3. The van der Waals surface area contributed by atoms with E-state index in [0.717, 1.165) is 10.2 Å². The van der Waals surface area contributed by atoms with E-state index in [9.17, 15) is 4.79 Å². The Hall–Kier alpha value is -1.11. The van der Waals surface area contributed by atoms with Crippen molar-refractivity contribution in [2.45, 2.75) is 51.9 Å². The number of nitrogens with two attached hydrogens (primary N) is 1. The zero-order chi connectivity index (χ0) is 18.0. The Balaban J connectivity index is 1.87. The maximum Gasteiger partial charge on any atom is 0.240 e. The third-order valence-electron chi connectivity index (χ3n) is 4.92. The number of benzene rings is 1. The van der Waals surface area contributed by atoms with Crippen molar-refractivity contribution in [3.63, 3.8) is 0 Å². The van der Waals surface area contributed by atoms with Crippen LogP contribution >= 0.6 is 15.9 Å². The summed E-state index contributed by atoms with van der Waals surface area (Å²) >= 11 is 3.41. The number of rotatable bonds is 7. The minimum absolute atomic E-state index is 0.0218. The van der Waals surface area contributed by atoms with Crippen molar-refractivity contribution in [3.8, 4) is 5.75 Å². The second kappa shape index (κ2) is 7.42. The second-order valence-corrected chi connectivity index (χ2v) is 7.85. The van der Waals surface area contributed by atoms with Gasteiger partial charge in [0.25, 0.3) is 0 Å². The number of nitrogens with one attached hydrogen (secondary N) is 1. The zero-order valence-electron chi connectivity index (χ0n) is 14.8. The summed E-state index contributed by atoms with van der Waals surface area (Å²) in [6, 6.07) is 7.62. The third-order valence-corrected chi connectivity index (χ3v) is 5.41. The van der Waals surface area contributed by atoms with Crippen molar-refractivity contribution >= 4 is 21.8 Å². The standard InChI is InChI=1S/C18H27BrN2O3/c1-5-23-15-10-18(20,17(15,3)4)16(22)21-11-12(2)24-14-8-6-7-13(19)9-14/h6-9,12,15H,5,10-11,20H2,1-4H3,(H,21,22). The number of carbonyl (C=O) groups excluding carboxylic acids is 1. The lowest BCUT2D eigenvalue weighted by atomic mass is 9.54. The predicted molar refractivity (Wildman–Crippen MR) is 98.0 cm³/mol. The van der Waals surface area contributed by atoms with E-state index < -0.39 is 5.54 Å². The van der Waals surface area contributed by atoms with E-state index >= 15 is 0 Å². The Bertz CT molecular complexity index is 593. The minimum Gasteiger partial charge on any atom is -0.489 e. The molecule has 0 spiro atoms. The van der Waals surface area contributed by atoms with Gasteiger partial charge in [-0.15, -0.1) is 0 Å². The molecule has 0 saturated heterocycles. The van der Waals surface area contributed by atoms with Crippen molar-refractivity contribution in [2.75, 3.05) is 13.2 Å². The lowest BCUT2D eigenvalue weighted by Gasteiger charge is -2.57. The molecule has 5 nitrogen and oxygen atoms in total. The first-order valence-corrected chi connectivity index (χ1v) is 9.11. The van der Waals surface area contributed by atoms with Crippen LogP contribution in [0.25, 0.3) is 0 Å². The van der Waals surface area contributed by atoms with Crippen LogP contribution in [0.1, 0.15) is 34.1 Å². The van der Waals surface area contributed by atoms with Gasteiger partial charge in [0, 0.05) is 22.9 Å². The topological polar surface area (TPSA) is 73.6 Å². The van der Waals surface area contributed by atoms with Gasteiger partial charge in [0.15, 0.2) is 0 Å². The molecule has 2 rings (SSSR count). The van der Waals surface area contributed by atoms with E-state index in [0.29, 0.717) is 19.6 Å². The van der Waals surface area contributed by atoms with Gasteiger partial charge >= 0.3 is 0 Å². The Kier molecular flexibility index (Phi) is 5.94. The molecule has 134 valence electrons. The van der Waals surface area contributed by atoms with Gasteiger partial charge in [0.2, 0.25) is 5.91 Å². The highest BCUT2D eigenvalue weighted by atomic mass is 79.9. The fourth-order valence-corrected chi connectivity index (χ4v) is 3.41. The molecule has 1 aliphatic rings. The van der Waals surface area contributed by atoms with Crippen LogP contribution in [0.5, 0.6) is 5.75 Å². The first-order chi connectivity index (χ1) is 11.2. The van der Waals surface area contributed by atoms with E-state index in [-0.39, 0.29) is 23.5 Å². The lowest BCUT2D eigenvalue weighted by Crippen LogP contribution is -2.76. The summed E-state index contributed by atoms with van der Waals surface area (Å²) in [7, 11) is 0. The lowest BCUT2D eigenvalue weighted by molar-refractivity contribution is -0.170. The van der Waals surface area contributed by atoms with E-state index in [1.54, 1.807) is 0 Å². The molecule has 0 heterocycles. The van der Waals surface area contributed by atoms with Crippen molar-refractivity contribution < 1.29 is 14.3 Å². The molecular formula is C18H27BrN2O3. The quantitative estimate of drug-likeness (QED) is 0.740. The molecule has 1 amide bonds. The second-order valence-electron chi connectivity index (χ2n) is 6.94. The molecule has 6 heteroatoms. The van der Waals surface area contributed by atoms with Gasteiger partial charge < -0.3 is 20.5 Å². The zero-order valence-corrected chi connectivity index (χ0v) is 16.4. The fourth-order valence-electron chi connectivity index (χ4n) is 3.03. The van der Waals surface area contributed by atoms with E-state index in [1.165, 1.54) is 0 Å². The highest BCUT2D eigenvalue weighted by Crippen LogP contribution is 2.49. The molecule has 0 bridgehead atoms. The number of ether oxygens (including phenoxy) is 2. The monoisotopic (exact) mass is 398 g/mol. The molecule has 24 heavy (non-hydrogen) atoms. The Morgan fingerprint density at radius 1 is 1.50 bits per heavy atom. The van der Waals surface area contributed by atoms with Crippen LogP contribution < -0.4 is 15.8 Å². The number of hydrogen-bond donors (Lipinski definition) is 2. The Labute approximate surface area is 152 Å². The van der Waals surface area contributed by atoms with E-state index in [2.05, 4.69) is 21.2 Å². The van der Waals surface area contributed by atoms with Crippen molar-refractivity contribution in [2.24, 2.45) is 11.1 Å². The maximum absolute atomic E-state index is 12.6. The first-order valence-electron chi connectivity index (χ1n) is 8.31. The summed E-state index contributed by atoms with van der Waals surface area (Å²) < 4.78 is 12.4. The number of amides is 1. The van der Waals surface area contributed by atoms with Crippen LogP contribution in [0, 0.1) is 5.41 Å².